The smallest absolute Gasteiger partial charge is 0.429 e. The summed E-state index contributed by atoms with van der Waals surface area (Å²) in [6.07, 6.45) is -6.28. The first-order chi connectivity index (χ1) is 14.3. The van der Waals surface area contributed by atoms with Crippen LogP contribution >= 0.6 is 0 Å². The summed E-state index contributed by atoms with van der Waals surface area (Å²) in [4.78, 5) is 0. The Labute approximate surface area is 174 Å². The van der Waals surface area contributed by atoms with E-state index in [0.29, 0.717) is 24.1 Å². The molecule has 0 radical (unpaired) electrons. The molecular formula is C22H20F8O. The lowest BCUT2D eigenvalue weighted by atomic mass is 9.99. The number of allylic oxidation sites excluding steroid dienone is 1. The van der Waals surface area contributed by atoms with Gasteiger partial charge >= 0.3 is 12.3 Å². The highest BCUT2D eigenvalue weighted by molar-refractivity contribution is 5.53. The summed E-state index contributed by atoms with van der Waals surface area (Å²) in [5.74, 6) is -5.33. The topological polar surface area (TPSA) is 9.23 Å². The molecule has 0 spiro atoms. The van der Waals surface area contributed by atoms with Crippen LogP contribution in [0.4, 0.5) is 35.1 Å². The monoisotopic (exact) mass is 452 g/mol. The average Bonchev–Trinajstić information content (AvgIpc) is 2.59. The van der Waals surface area contributed by atoms with Crippen molar-refractivity contribution in [3.05, 3.63) is 70.0 Å². The van der Waals surface area contributed by atoms with Crippen LogP contribution < -0.4 is 4.74 Å². The number of alkyl halides is 5. The molecule has 31 heavy (non-hydrogen) atoms. The zero-order chi connectivity index (χ0) is 23.4. The highest BCUT2D eigenvalue weighted by Crippen LogP contribution is 2.37. The van der Waals surface area contributed by atoms with Gasteiger partial charge in [0.1, 0.15) is 28.8 Å². The van der Waals surface area contributed by atoms with Crippen LogP contribution in [0.2, 0.25) is 0 Å². The van der Waals surface area contributed by atoms with Crippen molar-refractivity contribution < 1.29 is 39.9 Å². The minimum absolute atomic E-state index is 0.109. The minimum atomic E-state index is -4.82. The van der Waals surface area contributed by atoms with Gasteiger partial charge in [0.25, 0.3) is 0 Å². The molecule has 0 bridgehead atoms. The number of hydrogen-bond donors (Lipinski definition) is 0. The van der Waals surface area contributed by atoms with Crippen molar-refractivity contribution in [2.24, 2.45) is 0 Å². The van der Waals surface area contributed by atoms with Gasteiger partial charge in [-0.3, -0.25) is 0 Å². The van der Waals surface area contributed by atoms with Gasteiger partial charge in [0.15, 0.2) is 0 Å². The Balaban J connectivity index is 2.31. The molecule has 0 N–H and O–H groups in total. The van der Waals surface area contributed by atoms with Crippen LogP contribution in [0.15, 0.2) is 30.3 Å². The summed E-state index contributed by atoms with van der Waals surface area (Å²) >= 11 is 0. The van der Waals surface area contributed by atoms with Crippen molar-refractivity contribution in [2.45, 2.75) is 51.8 Å². The van der Waals surface area contributed by atoms with Crippen LogP contribution in [0.5, 0.6) is 5.75 Å². The quantitative estimate of drug-likeness (QED) is 0.293. The Kier molecular flexibility index (Phi) is 7.72. The number of ether oxygens (including phenoxy) is 1. The van der Waals surface area contributed by atoms with Gasteiger partial charge in [-0.2, -0.15) is 22.0 Å². The standard InChI is InChI=1S/C22H20F8O/c1-3-4-5-6-14-9-13(2)20(19(25)10-14)22(29,30)31-15-11-17(23)16(18(24)12-15)7-8-21(26,27)28/h7-12H,3-6H2,1-2H3/b8-7+. The molecule has 170 valence electrons. The Morgan fingerprint density at radius 3 is 2.00 bits per heavy atom. The number of hydrogen-bond acceptors (Lipinski definition) is 1. The Morgan fingerprint density at radius 2 is 1.48 bits per heavy atom. The van der Waals surface area contributed by atoms with Crippen molar-refractivity contribution in [3.8, 4) is 5.75 Å². The van der Waals surface area contributed by atoms with E-state index in [1.54, 1.807) is 0 Å². The number of benzene rings is 2. The van der Waals surface area contributed by atoms with E-state index in [2.05, 4.69) is 4.74 Å². The van der Waals surface area contributed by atoms with Gasteiger partial charge in [-0.1, -0.05) is 25.8 Å². The number of rotatable bonds is 8. The number of aryl methyl sites for hydroxylation is 2. The van der Waals surface area contributed by atoms with Crippen LogP contribution in [0.1, 0.15) is 48.4 Å². The molecule has 0 aliphatic heterocycles. The van der Waals surface area contributed by atoms with Gasteiger partial charge in [-0.15, -0.1) is 0 Å². The molecule has 9 heteroatoms. The summed E-state index contributed by atoms with van der Waals surface area (Å²) in [6, 6.07) is 2.96. The zero-order valence-corrected chi connectivity index (χ0v) is 16.7. The molecule has 0 atom stereocenters. The van der Waals surface area contributed by atoms with E-state index >= 15 is 0 Å². The van der Waals surface area contributed by atoms with Gasteiger partial charge in [0.2, 0.25) is 0 Å². The molecule has 0 amide bonds. The Morgan fingerprint density at radius 1 is 0.871 bits per heavy atom. The molecule has 0 saturated heterocycles. The average molecular weight is 452 g/mol. The lowest BCUT2D eigenvalue weighted by Gasteiger charge is -2.21. The molecule has 0 aromatic heterocycles. The zero-order valence-electron chi connectivity index (χ0n) is 16.7. The van der Waals surface area contributed by atoms with E-state index in [9.17, 15) is 35.1 Å². The van der Waals surface area contributed by atoms with Gasteiger partial charge in [0, 0.05) is 23.8 Å². The van der Waals surface area contributed by atoms with Crippen LogP contribution in [0, 0.1) is 24.4 Å². The lowest BCUT2D eigenvalue weighted by molar-refractivity contribution is -0.188. The normalized spacial score (nSPS) is 12.6. The van der Waals surface area contributed by atoms with E-state index in [1.165, 1.54) is 13.0 Å². The molecule has 0 saturated carbocycles. The second-order valence-electron chi connectivity index (χ2n) is 7.02. The molecule has 1 nitrogen and oxygen atoms in total. The first kappa shape index (κ1) is 24.7. The van der Waals surface area contributed by atoms with Crippen molar-refractivity contribution in [1.82, 2.24) is 0 Å². The second kappa shape index (κ2) is 9.70. The third kappa shape index (κ3) is 6.70. The van der Waals surface area contributed by atoms with Crippen molar-refractivity contribution >= 4 is 6.08 Å². The molecular weight excluding hydrogens is 432 g/mol. The molecule has 0 fully saturated rings. The van der Waals surface area contributed by atoms with Crippen molar-refractivity contribution in [1.29, 1.82) is 0 Å². The van der Waals surface area contributed by atoms with Gasteiger partial charge < -0.3 is 4.74 Å². The molecule has 0 heterocycles. The Bertz CT molecular complexity index is 901. The van der Waals surface area contributed by atoms with Crippen LogP contribution in [0.25, 0.3) is 6.08 Å². The summed E-state index contributed by atoms with van der Waals surface area (Å²) in [5, 5.41) is 0. The van der Waals surface area contributed by atoms with Crippen LogP contribution in [0.3, 0.4) is 0 Å². The van der Waals surface area contributed by atoms with E-state index in [-0.39, 0.29) is 11.6 Å². The van der Waals surface area contributed by atoms with Crippen LogP contribution in [-0.2, 0) is 12.5 Å². The maximum Gasteiger partial charge on any atom is 0.429 e. The predicted octanol–water partition coefficient (Wildman–Crippen LogP) is 7.85. The first-order valence-corrected chi connectivity index (χ1v) is 9.45. The fourth-order valence-corrected chi connectivity index (χ4v) is 3.06. The molecule has 2 rings (SSSR count). The SMILES string of the molecule is CCCCCc1cc(C)c(C(F)(F)Oc2cc(F)c(/C=C/C(F)(F)F)c(F)c2)c(F)c1. The van der Waals surface area contributed by atoms with Gasteiger partial charge in [-0.25, -0.2) is 13.2 Å². The van der Waals surface area contributed by atoms with E-state index < -0.39 is 52.7 Å². The first-order valence-electron chi connectivity index (χ1n) is 9.45. The predicted molar refractivity (Wildman–Crippen MR) is 100 cm³/mol. The highest BCUT2D eigenvalue weighted by Gasteiger charge is 2.40. The van der Waals surface area contributed by atoms with Crippen molar-refractivity contribution in [2.75, 3.05) is 0 Å². The largest absolute Gasteiger partial charge is 0.429 e. The van der Waals surface area contributed by atoms with E-state index in [1.807, 2.05) is 6.92 Å². The molecule has 2 aromatic carbocycles. The third-order valence-electron chi connectivity index (χ3n) is 4.44. The lowest BCUT2D eigenvalue weighted by Crippen LogP contribution is -2.25. The highest BCUT2D eigenvalue weighted by atomic mass is 19.4. The number of unbranched alkanes of at least 4 members (excludes halogenated alkanes) is 2. The fraction of sp³-hybridized carbons (Fsp3) is 0.364. The molecule has 2 aromatic rings. The molecule has 0 unspecified atom stereocenters. The van der Waals surface area contributed by atoms with Crippen LogP contribution in [-0.4, -0.2) is 6.18 Å². The Hall–Kier alpha value is -2.58. The molecule has 0 aliphatic rings. The summed E-state index contributed by atoms with van der Waals surface area (Å²) in [6.45, 7) is 3.24. The minimum Gasteiger partial charge on any atom is -0.429 e. The maximum absolute atomic E-state index is 14.6. The summed E-state index contributed by atoms with van der Waals surface area (Å²) < 4.78 is 112. The summed E-state index contributed by atoms with van der Waals surface area (Å²) in [5.41, 5.74) is -1.75. The van der Waals surface area contributed by atoms with Gasteiger partial charge in [-0.05, 0) is 43.0 Å². The summed E-state index contributed by atoms with van der Waals surface area (Å²) in [7, 11) is 0. The van der Waals surface area contributed by atoms with Crippen molar-refractivity contribution in [3.63, 3.8) is 0 Å². The van der Waals surface area contributed by atoms with E-state index in [0.717, 1.165) is 25.3 Å². The number of halogens is 8. The maximum atomic E-state index is 14.6. The fourth-order valence-electron chi connectivity index (χ4n) is 3.06. The molecule has 0 aliphatic carbocycles. The van der Waals surface area contributed by atoms with E-state index in [4.69, 9.17) is 0 Å². The third-order valence-corrected chi connectivity index (χ3v) is 4.44. The van der Waals surface area contributed by atoms with Gasteiger partial charge in [0.05, 0.1) is 0 Å². The second-order valence-corrected chi connectivity index (χ2v) is 7.02.